The van der Waals surface area contributed by atoms with E-state index in [2.05, 4.69) is 15.9 Å². The molecule has 0 saturated carbocycles. The van der Waals surface area contributed by atoms with Gasteiger partial charge in [-0.15, -0.1) is 0 Å². The Hall–Kier alpha value is -0.680. The van der Waals surface area contributed by atoms with Crippen LogP contribution in [-0.4, -0.2) is 24.5 Å². The smallest absolute Gasteiger partial charge is 0.340 e. The molecule has 0 amide bonds. The van der Waals surface area contributed by atoms with E-state index in [-0.39, 0.29) is 5.97 Å². The first kappa shape index (κ1) is 14.4. The molecule has 17 heavy (non-hydrogen) atoms. The van der Waals surface area contributed by atoms with Gasteiger partial charge in [-0.05, 0) is 35.4 Å². The number of carbonyl (C=O) groups excluding carboxylic acids is 1. The van der Waals surface area contributed by atoms with Crippen molar-refractivity contribution in [2.24, 2.45) is 0 Å². The molecule has 94 valence electrons. The summed E-state index contributed by atoms with van der Waals surface area (Å²) in [5, 5.41) is 0.889. The molecule has 0 unspecified atom stereocenters. The van der Waals surface area contributed by atoms with Gasteiger partial charge in [0.05, 0.1) is 21.0 Å². The van der Waals surface area contributed by atoms with Crippen molar-refractivity contribution in [1.82, 2.24) is 4.90 Å². The number of hydrogen-bond donors (Lipinski definition) is 0. The minimum Gasteiger partial charge on any atom is -0.462 e. The minimum atomic E-state index is -0.276. The average molecular weight is 318 g/mol. The maximum Gasteiger partial charge on any atom is 0.340 e. The lowest BCUT2D eigenvalue weighted by Gasteiger charge is -2.13. The second kappa shape index (κ2) is 6.91. The van der Waals surface area contributed by atoms with Crippen LogP contribution in [0.25, 0.3) is 0 Å². The first-order valence-electron chi connectivity index (χ1n) is 5.46. The number of halogens is 1. The topological polar surface area (TPSA) is 29.5 Å². The van der Waals surface area contributed by atoms with Crippen molar-refractivity contribution in [1.29, 1.82) is 0 Å². The number of thioether (sulfide) groups is 1. The van der Waals surface area contributed by atoms with Gasteiger partial charge in [0.1, 0.15) is 0 Å². The van der Waals surface area contributed by atoms with Crippen LogP contribution in [0.1, 0.15) is 20.3 Å². The second-order valence-electron chi connectivity index (χ2n) is 3.40. The molecule has 1 aliphatic rings. The molecule has 0 aromatic carbocycles. The lowest BCUT2D eigenvalue weighted by Crippen LogP contribution is -2.13. The fourth-order valence-corrected chi connectivity index (χ4v) is 2.94. The average Bonchev–Trinajstić information content (AvgIpc) is 2.59. The zero-order chi connectivity index (χ0) is 12.8. The maximum absolute atomic E-state index is 11.9. The van der Waals surface area contributed by atoms with Crippen LogP contribution in [0.2, 0.25) is 0 Å². The lowest BCUT2D eigenvalue weighted by molar-refractivity contribution is -0.138. The van der Waals surface area contributed by atoms with Crippen LogP contribution in [0.4, 0.5) is 0 Å². The largest absolute Gasteiger partial charge is 0.462 e. The fourth-order valence-electron chi connectivity index (χ4n) is 1.32. The van der Waals surface area contributed by atoms with Crippen molar-refractivity contribution >= 4 is 33.7 Å². The monoisotopic (exact) mass is 317 g/mol. The van der Waals surface area contributed by atoms with Gasteiger partial charge in [-0.3, -0.25) is 0 Å². The van der Waals surface area contributed by atoms with Crippen molar-refractivity contribution in [2.45, 2.75) is 20.3 Å². The van der Waals surface area contributed by atoms with Gasteiger partial charge >= 0.3 is 5.97 Å². The molecule has 5 heteroatoms. The normalized spacial score (nSPS) is 18.6. The Kier molecular flexibility index (Phi) is 5.85. The van der Waals surface area contributed by atoms with E-state index >= 15 is 0 Å². The van der Waals surface area contributed by atoms with Crippen molar-refractivity contribution < 1.29 is 9.53 Å². The van der Waals surface area contributed by atoms with Gasteiger partial charge < -0.3 is 9.64 Å². The third-order valence-electron chi connectivity index (χ3n) is 2.06. The van der Waals surface area contributed by atoms with Gasteiger partial charge in [0.15, 0.2) is 0 Å². The molecule has 0 aromatic rings. The Balaban J connectivity index is 3.02. The molecule has 0 atom stereocenters. The highest BCUT2D eigenvalue weighted by atomic mass is 79.9. The third-order valence-corrected chi connectivity index (χ3v) is 3.75. The van der Waals surface area contributed by atoms with Crippen LogP contribution in [-0.2, 0) is 9.53 Å². The number of rotatable bonds is 4. The number of nitrogens with zero attached hydrogens (tertiary/aromatic N) is 1. The zero-order valence-electron chi connectivity index (χ0n) is 10.2. The molecule has 1 heterocycles. The van der Waals surface area contributed by atoms with Crippen molar-refractivity contribution in [3.05, 3.63) is 32.8 Å². The summed E-state index contributed by atoms with van der Waals surface area (Å²) < 4.78 is 6.06. The number of ether oxygens (including phenoxy) is 1. The third kappa shape index (κ3) is 3.92. The summed E-state index contributed by atoms with van der Waals surface area (Å²) in [7, 11) is 1.91. The standard InChI is InChI=1S/C12H16BrNO2S/c1-4-6-7-9(12(15)16-5-2)11-14(3)8-10(13)17-11/h6-8H,4-5H2,1-3H3/b7-6-,11-9-. The molecule has 0 aliphatic carbocycles. The first-order chi connectivity index (χ1) is 8.10. The number of allylic oxidation sites excluding steroid dienone is 1. The molecular formula is C12H16BrNO2S. The molecule has 3 nitrogen and oxygen atoms in total. The summed E-state index contributed by atoms with van der Waals surface area (Å²) in [6, 6.07) is 0. The predicted molar refractivity (Wildman–Crippen MR) is 75.5 cm³/mol. The SMILES string of the molecule is CC/C=C\C(C(=O)OCC)=C1\SC(Br)=CN1C. The Morgan fingerprint density at radius 2 is 2.29 bits per heavy atom. The molecule has 0 N–H and O–H groups in total. The molecular weight excluding hydrogens is 302 g/mol. The summed E-state index contributed by atoms with van der Waals surface area (Å²) in [5.41, 5.74) is 0.604. The van der Waals surface area contributed by atoms with E-state index in [1.54, 1.807) is 0 Å². The number of hydrogen-bond acceptors (Lipinski definition) is 4. The number of carbonyl (C=O) groups is 1. The highest BCUT2D eigenvalue weighted by molar-refractivity contribution is 9.14. The van der Waals surface area contributed by atoms with Gasteiger partial charge in [0.25, 0.3) is 0 Å². The van der Waals surface area contributed by atoms with E-state index in [1.165, 1.54) is 11.8 Å². The quantitative estimate of drug-likeness (QED) is 0.585. The van der Waals surface area contributed by atoms with Crippen LogP contribution in [0.3, 0.4) is 0 Å². The highest BCUT2D eigenvalue weighted by Gasteiger charge is 2.22. The van der Waals surface area contributed by atoms with E-state index < -0.39 is 0 Å². The summed E-state index contributed by atoms with van der Waals surface area (Å²) in [4.78, 5) is 13.8. The molecule has 0 aromatic heterocycles. The Morgan fingerprint density at radius 3 is 2.76 bits per heavy atom. The molecule has 0 saturated heterocycles. The van der Waals surface area contributed by atoms with Crippen molar-refractivity contribution in [3.8, 4) is 0 Å². The summed E-state index contributed by atoms with van der Waals surface area (Å²) in [6.07, 6.45) is 6.61. The van der Waals surface area contributed by atoms with Gasteiger partial charge in [-0.1, -0.05) is 24.8 Å². The molecule has 1 rings (SSSR count). The molecule has 1 aliphatic heterocycles. The molecule has 0 bridgehead atoms. The van der Waals surface area contributed by atoms with Crippen molar-refractivity contribution in [3.63, 3.8) is 0 Å². The predicted octanol–water partition coefficient (Wildman–Crippen LogP) is 3.60. The Morgan fingerprint density at radius 1 is 1.59 bits per heavy atom. The van der Waals surface area contributed by atoms with Gasteiger partial charge in [-0.2, -0.15) is 0 Å². The van der Waals surface area contributed by atoms with Crippen LogP contribution in [0, 0.1) is 0 Å². The molecule has 0 spiro atoms. The molecule has 0 fully saturated rings. The van der Waals surface area contributed by atoms with Crippen LogP contribution in [0.5, 0.6) is 0 Å². The lowest BCUT2D eigenvalue weighted by atomic mass is 10.2. The summed E-state index contributed by atoms with van der Waals surface area (Å²) in [6.45, 7) is 4.23. The number of esters is 1. The van der Waals surface area contributed by atoms with Gasteiger partial charge in [0, 0.05) is 13.2 Å². The summed E-state index contributed by atoms with van der Waals surface area (Å²) >= 11 is 4.93. The van der Waals surface area contributed by atoms with E-state index in [4.69, 9.17) is 4.74 Å². The van der Waals surface area contributed by atoms with Crippen molar-refractivity contribution in [2.75, 3.05) is 13.7 Å². The van der Waals surface area contributed by atoms with Gasteiger partial charge in [0.2, 0.25) is 0 Å². The van der Waals surface area contributed by atoms with E-state index in [0.29, 0.717) is 12.2 Å². The fraction of sp³-hybridized carbons (Fsp3) is 0.417. The second-order valence-corrected chi connectivity index (χ2v) is 5.81. The Labute approximate surface area is 115 Å². The Bertz CT molecular complexity index is 388. The van der Waals surface area contributed by atoms with Crippen LogP contribution in [0.15, 0.2) is 32.8 Å². The van der Waals surface area contributed by atoms with E-state index in [9.17, 15) is 4.79 Å². The highest BCUT2D eigenvalue weighted by Crippen LogP contribution is 2.40. The minimum absolute atomic E-state index is 0.276. The van der Waals surface area contributed by atoms with Crippen LogP contribution >= 0.6 is 27.7 Å². The van der Waals surface area contributed by atoms with Crippen LogP contribution < -0.4 is 0 Å². The van der Waals surface area contributed by atoms with Gasteiger partial charge in [-0.25, -0.2) is 4.79 Å². The first-order valence-corrected chi connectivity index (χ1v) is 7.07. The molecule has 0 radical (unpaired) electrons. The van der Waals surface area contributed by atoms with E-state index in [1.807, 2.05) is 44.1 Å². The van der Waals surface area contributed by atoms with E-state index in [0.717, 1.165) is 15.3 Å². The summed E-state index contributed by atoms with van der Waals surface area (Å²) in [5.74, 6) is -0.276. The zero-order valence-corrected chi connectivity index (χ0v) is 12.6. The maximum atomic E-state index is 11.9.